The molecule has 1 heterocycles. The molecule has 94 valence electrons. The van der Waals surface area contributed by atoms with Crippen LogP contribution in [-0.2, 0) is 6.54 Å². The van der Waals surface area contributed by atoms with Gasteiger partial charge in [0.1, 0.15) is 5.82 Å². The van der Waals surface area contributed by atoms with Gasteiger partial charge in [-0.15, -0.1) is 0 Å². The van der Waals surface area contributed by atoms with Crippen LogP contribution in [0.4, 0.5) is 0 Å². The fraction of sp³-hybridized carbons (Fsp3) is 0.333. The van der Waals surface area contributed by atoms with Crippen LogP contribution in [0, 0.1) is 13.8 Å². The molecule has 18 heavy (non-hydrogen) atoms. The average Bonchev–Trinajstić information content (AvgIpc) is 2.42. The first kappa shape index (κ1) is 12.7. The van der Waals surface area contributed by atoms with E-state index in [4.69, 9.17) is 5.73 Å². The van der Waals surface area contributed by atoms with Crippen LogP contribution in [0.15, 0.2) is 30.3 Å². The number of aryl methyl sites for hydroxylation is 1. The Morgan fingerprint density at radius 1 is 1.11 bits per heavy atom. The largest absolute Gasteiger partial charge is 0.325 e. The molecule has 0 spiro atoms. The molecule has 3 heteroatoms. The van der Waals surface area contributed by atoms with Crippen LogP contribution in [0.3, 0.4) is 0 Å². The second-order valence-corrected chi connectivity index (χ2v) is 4.58. The molecule has 0 aliphatic heterocycles. The third-order valence-corrected chi connectivity index (χ3v) is 3.39. The van der Waals surface area contributed by atoms with Gasteiger partial charge >= 0.3 is 0 Å². The Morgan fingerprint density at radius 3 is 2.39 bits per heavy atom. The normalized spacial score (nSPS) is 12.4. The molecule has 0 aliphatic carbocycles. The standard InChI is InChI=1S/C15H19N3/c1-10-12(3)17-15(18-14(10)9-16)11(2)13-7-5-4-6-8-13/h4-8,11H,9,16H2,1-3H3. The summed E-state index contributed by atoms with van der Waals surface area (Å²) in [5, 5.41) is 0. The first-order chi connectivity index (χ1) is 8.63. The van der Waals surface area contributed by atoms with E-state index in [1.54, 1.807) is 0 Å². The van der Waals surface area contributed by atoms with Crippen LogP contribution in [-0.4, -0.2) is 9.97 Å². The maximum Gasteiger partial charge on any atom is 0.136 e. The molecule has 0 saturated heterocycles. The predicted molar refractivity (Wildman–Crippen MR) is 73.4 cm³/mol. The number of nitrogens with zero attached hydrogens (tertiary/aromatic N) is 2. The van der Waals surface area contributed by atoms with Gasteiger partial charge < -0.3 is 5.73 Å². The van der Waals surface area contributed by atoms with Gasteiger partial charge in [-0.25, -0.2) is 9.97 Å². The number of hydrogen-bond donors (Lipinski definition) is 1. The third-order valence-electron chi connectivity index (χ3n) is 3.39. The number of hydrogen-bond acceptors (Lipinski definition) is 3. The summed E-state index contributed by atoms with van der Waals surface area (Å²) in [4.78, 5) is 9.18. The second kappa shape index (κ2) is 5.27. The van der Waals surface area contributed by atoms with Gasteiger partial charge in [0.05, 0.1) is 5.69 Å². The summed E-state index contributed by atoms with van der Waals surface area (Å²) < 4.78 is 0. The van der Waals surface area contributed by atoms with E-state index in [2.05, 4.69) is 29.0 Å². The fourth-order valence-electron chi connectivity index (χ4n) is 1.99. The van der Waals surface area contributed by atoms with E-state index in [1.165, 1.54) is 5.56 Å². The van der Waals surface area contributed by atoms with Crippen molar-refractivity contribution in [2.24, 2.45) is 5.73 Å². The SMILES string of the molecule is Cc1nc(C(C)c2ccccc2)nc(CN)c1C. The van der Waals surface area contributed by atoms with Gasteiger partial charge in [0.2, 0.25) is 0 Å². The molecule has 1 aromatic heterocycles. The zero-order chi connectivity index (χ0) is 13.1. The Hall–Kier alpha value is -1.74. The topological polar surface area (TPSA) is 51.8 Å². The van der Waals surface area contributed by atoms with Crippen molar-refractivity contribution in [3.05, 3.63) is 58.7 Å². The Bertz CT molecular complexity index is 535. The molecule has 1 aromatic carbocycles. The minimum Gasteiger partial charge on any atom is -0.325 e. The first-order valence-electron chi connectivity index (χ1n) is 6.22. The van der Waals surface area contributed by atoms with Crippen LogP contribution >= 0.6 is 0 Å². The van der Waals surface area contributed by atoms with Crippen molar-refractivity contribution < 1.29 is 0 Å². The summed E-state index contributed by atoms with van der Waals surface area (Å²) >= 11 is 0. The average molecular weight is 241 g/mol. The molecule has 0 radical (unpaired) electrons. The Morgan fingerprint density at radius 2 is 1.78 bits per heavy atom. The van der Waals surface area contributed by atoms with Crippen LogP contribution in [0.1, 0.15) is 41.2 Å². The molecule has 0 fully saturated rings. The highest BCUT2D eigenvalue weighted by Crippen LogP contribution is 2.22. The smallest absolute Gasteiger partial charge is 0.136 e. The Balaban J connectivity index is 2.43. The first-order valence-corrected chi connectivity index (χ1v) is 6.22. The number of aromatic nitrogens is 2. The maximum atomic E-state index is 5.74. The maximum absolute atomic E-state index is 5.74. The lowest BCUT2D eigenvalue weighted by Crippen LogP contribution is -2.11. The van der Waals surface area contributed by atoms with E-state index >= 15 is 0 Å². The zero-order valence-electron chi connectivity index (χ0n) is 11.1. The van der Waals surface area contributed by atoms with Crippen molar-refractivity contribution in [3.63, 3.8) is 0 Å². The zero-order valence-corrected chi connectivity index (χ0v) is 11.1. The van der Waals surface area contributed by atoms with Gasteiger partial charge in [0.25, 0.3) is 0 Å². The minimum atomic E-state index is 0.191. The molecule has 3 nitrogen and oxygen atoms in total. The highest BCUT2D eigenvalue weighted by molar-refractivity contribution is 5.29. The van der Waals surface area contributed by atoms with Crippen molar-refractivity contribution in [3.8, 4) is 0 Å². The number of rotatable bonds is 3. The highest BCUT2D eigenvalue weighted by Gasteiger charge is 2.14. The van der Waals surface area contributed by atoms with Crippen LogP contribution in [0.2, 0.25) is 0 Å². The van der Waals surface area contributed by atoms with Crippen molar-refractivity contribution in [1.82, 2.24) is 9.97 Å². The molecule has 0 amide bonds. The number of benzene rings is 1. The third kappa shape index (κ3) is 2.41. The van der Waals surface area contributed by atoms with Crippen LogP contribution < -0.4 is 5.73 Å². The summed E-state index contributed by atoms with van der Waals surface area (Å²) in [7, 11) is 0. The minimum absolute atomic E-state index is 0.191. The molecular weight excluding hydrogens is 222 g/mol. The van der Waals surface area contributed by atoms with E-state index in [0.717, 1.165) is 22.8 Å². The molecule has 2 rings (SSSR count). The lowest BCUT2D eigenvalue weighted by molar-refractivity contribution is 0.772. The Labute approximate surface area is 108 Å². The summed E-state index contributed by atoms with van der Waals surface area (Å²) in [5.74, 6) is 1.04. The molecule has 1 unspecified atom stereocenters. The van der Waals surface area contributed by atoms with E-state index < -0.39 is 0 Å². The van der Waals surface area contributed by atoms with E-state index in [1.807, 2.05) is 32.0 Å². The van der Waals surface area contributed by atoms with Crippen molar-refractivity contribution in [2.75, 3.05) is 0 Å². The highest BCUT2D eigenvalue weighted by atomic mass is 14.9. The van der Waals surface area contributed by atoms with E-state index in [0.29, 0.717) is 6.54 Å². The van der Waals surface area contributed by atoms with Crippen LogP contribution in [0.25, 0.3) is 0 Å². The monoisotopic (exact) mass is 241 g/mol. The summed E-state index contributed by atoms with van der Waals surface area (Å²) in [5.41, 5.74) is 10.0. The second-order valence-electron chi connectivity index (χ2n) is 4.58. The van der Waals surface area contributed by atoms with Crippen molar-refractivity contribution >= 4 is 0 Å². The van der Waals surface area contributed by atoms with Gasteiger partial charge in [-0.05, 0) is 25.0 Å². The van der Waals surface area contributed by atoms with E-state index in [-0.39, 0.29) is 5.92 Å². The lowest BCUT2D eigenvalue weighted by Gasteiger charge is -2.14. The molecule has 0 saturated carbocycles. The van der Waals surface area contributed by atoms with E-state index in [9.17, 15) is 0 Å². The van der Waals surface area contributed by atoms with Gasteiger partial charge in [0, 0.05) is 18.2 Å². The van der Waals surface area contributed by atoms with Gasteiger partial charge in [-0.2, -0.15) is 0 Å². The summed E-state index contributed by atoms with van der Waals surface area (Å²) in [6, 6.07) is 10.3. The van der Waals surface area contributed by atoms with Crippen LogP contribution in [0.5, 0.6) is 0 Å². The van der Waals surface area contributed by atoms with Crippen molar-refractivity contribution in [1.29, 1.82) is 0 Å². The number of nitrogens with two attached hydrogens (primary N) is 1. The van der Waals surface area contributed by atoms with Gasteiger partial charge in [-0.3, -0.25) is 0 Å². The molecular formula is C15H19N3. The Kier molecular flexibility index (Phi) is 3.72. The lowest BCUT2D eigenvalue weighted by atomic mass is 10.00. The summed E-state index contributed by atoms with van der Waals surface area (Å²) in [6.45, 7) is 6.62. The molecule has 0 aliphatic rings. The fourth-order valence-corrected chi connectivity index (χ4v) is 1.99. The molecule has 0 bridgehead atoms. The van der Waals surface area contributed by atoms with Gasteiger partial charge in [-0.1, -0.05) is 37.3 Å². The molecule has 2 aromatic rings. The summed E-state index contributed by atoms with van der Waals surface area (Å²) in [6.07, 6.45) is 0. The van der Waals surface area contributed by atoms with Gasteiger partial charge in [0.15, 0.2) is 0 Å². The predicted octanol–water partition coefficient (Wildman–Crippen LogP) is 2.70. The van der Waals surface area contributed by atoms with Crippen molar-refractivity contribution in [2.45, 2.75) is 33.2 Å². The molecule has 1 atom stereocenters. The quantitative estimate of drug-likeness (QED) is 0.899. The molecule has 2 N–H and O–H groups in total.